The van der Waals surface area contributed by atoms with E-state index in [1.54, 1.807) is 0 Å². The Hall–Kier alpha value is -0.900. The number of aromatic nitrogens is 3. The van der Waals surface area contributed by atoms with Crippen molar-refractivity contribution in [1.82, 2.24) is 15.0 Å². The summed E-state index contributed by atoms with van der Waals surface area (Å²) in [6, 6.07) is 0.112. The van der Waals surface area contributed by atoms with E-state index in [1.807, 2.05) is 10.9 Å². The molecule has 18 heavy (non-hydrogen) atoms. The Morgan fingerprint density at radius 2 is 2.28 bits per heavy atom. The van der Waals surface area contributed by atoms with Gasteiger partial charge in [0.25, 0.3) is 0 Å². The van der Waals surface area contributed by atoms with Gasteiger partial charge in [0.2, 0.25) is 0 Å². The van der Waals surface area contributed by atoms with Crippen LogP contribution >= 0.6 is 0 Å². The van der Waals surface area contributed by atoms with Crippen molar-refractivity contribution in [2.24, 2.45) is 17.6 Å². The quantitative estimate of drug-likeness (QED) is 0.874. The summed E-state index contributed by atoms with van der Waals surface area (Å²) in [6.45, 7) is 5.37. The molecular formula is C14H26N4. The second-order valence-corrected chi connectivity index (χ2v) is 5.61. The zero-order valence-corrected chi connectivity index (χ0v) is 11.7. The Bertz CT molecular complexity index is 360. The Morgan fingerprint density at radius 1 is 1.44 bits per heavy atom. The Kier molecular flexibility index (Phi) is 4.75. The molecule has 0 aromatic carbocycles. The predicted molar refractivity (Wildman–Crippen MR) is 73.0 cm³/mol. The van der Waals surface area contributed by atoms with Crippen LogP contribution in [0.15, 0.2) is 6.20 Å². The van der Waals surface area contributed by atoms with E-state index in [0.717, 1.165) is 24.6 Å². The van der Waals surface area contributed by atoms with Gasteiger partial charge in [0.15, 0.2) is 0 Å². The highest BCUT2D eigenvalue weighted by molar-refractivity contribution is 5.04. The molecule has 1 heterocycles. The summed E-state index contributed by atoms with van der Waals surface area (Å²) in [5.74, 6) is 1.48. The molecule has 1 aliphatic rings. The minimum atomic E-state index is 0.112. The van der Waals surface area contributed by atoms with Crippen LogP contribution in [0.4, 0.5) is 0 Å². The van der Waals surface area contributed by atoms with Crippen molar-refractivity contribution in [3.8, 4) is 0 Å². The summed E-state index contributed by atoms with van der Waals surface area (Å²) in [5, 5.41) is 8.18. The molecule has 4 nitrogen and oxygen atoms in total. The highest BCUT2D eigenvalue weighted by Gasteiger charge is 2.28. The average molecular weight is 250 g/mol. The lowest BCUT2D eigenvalue weighted by molar-refractivity contribution is 0.225. The van der Waals surface area contributed by atoms with Gasteiger partial charge >= 0.3 is 0 Å². The zero-order chi connectivity index (χ0) is 13.0. The maximum Gasteiger partial charge on any atom is 0.0757 e. The van der Waals surface area contributed by atoms with Crippen LogP contribution in [0, 0.1) is 11.8 Å². The normalized spacial score (nSPS) is 26.2. The molecule has 1 saturated carbocycles. The Morgan fingerprint density at radius 3 is 3.00 bits per heavy atom. The summed E-state index contributed by atoms with van der Waals surface area (Å²) >= 11 is 0. The van der Waals surface area contributed by atoms with E-state index < -0.39 is 0 Å². The highest BCUT2D eigenvalue weighted by atomic mass is 15.4. The van der Waals surface area contributed by atoms with E-state index >= 15 is 0 Å². The largest absolute Gasteiger partial charge is 0.322 e. The average Bonchev–Trinajstić information content (AvgIpc) is 2.86. The molecule has 2 rings (SSSR count). The van der Waals surface area contributed by atoms with Crippen LogP contribution in [-0.2, 0) is 6.54 Å². The molecule has 4 heteroatoms. The third-order valence-electron chi connectivity index (χ3n) is 4.33. The standard InChI is InChI=1S/C14H26N4/c1-3-8-18-13(10-16-17-18)14(15)12-7-5-6-11(4-2)9-12/h10-12,14H,3-9,15H2,1-2H3. The molecule has 1 aliphatic carbocycles. The zero-order valence-electron chi connectivity index (χ0n) is 11.7. The summed E-state index contributed by atoms with van der Waals surface area (Å²) < 4.78 is 1.99. The monoisotopic (exact) mass is 250 g/mol. The lowest BCUT2D eigenvalue weighted by Gasteiger charge is -2.32. The first-order valence-electron chi connectivity index (χ1n) is 7.40. The van der Waals surface area contributed by atoms with E-state index in [4.69, 9.17) is 5.73 Å². The molecule has 1 aromatic heterocycles. The molecule has 0 radical (unpaired) electrons. The van der Waals surface area contributed by atoms with Crippen molar-refractivity contribution < 1.29 is 0 Å². The van der Waals surface area contributed by atoms with E-state index in [1.165, 1.54) is 32.1 Å². The van der Waals surface area contributed by atoms with Crippen molar-refractivity contribution in [1.29, 1.82) is 0 Å². The lowest BCUT2D eigenvalue weighted by atomic mass is 9.76. The van der Waals surface area contributed by atoms with Crippen LogP contribution in [0.3, 0.4) is 0 Å². The number of nitrogens with zero attached hydrogens (tertiary/aromatic N) is 3. The summed E-state index contributed by atoms with van der Waals surface area (Å²) in [7, 11) is 0. The third kappa shape index (κ3) is 2.91. The van der Waals surface area contributed by atoms with Crippen LogP contribution in [0.25, 0.3) is 0 Å². The van der Waals surface area contributed by atoms with Crippen LogP contribution in [0.1, 0.15) is 64.1 Å². The summed E-state index contributed by atoms with van der Waals surface area (Å²) in [5.41, 5.74) is 7.59. The fourth-order valence-electron chi connectivity index (χ4n) is 3.18. The molecule has 3 atom stereocenters. The Labute approximate surface area is 110 Å². The van der Waals surface area contributed by atoms with Gasteiger partial charge in [0, 0.05) is 6.54 Å². The SMILES string of the molecule is CCCn1nncc1C(N)C1CCCC(CC)C1. The van der Waals surface area contributed by atoms with Crippen LogP contribution in [0.5, 0.6) is 0 Å². The molecule has 1 fully saturated rings. The second-order valence-electron chi connectivity index (χ2n) is 5.61. The molecule has 3 unspecified atom stereocenters. The smallest absolute Gasteiger partial charge is 0.0757 e. The summed E-state index contributed by atoms with van der Waals surface area (Å²) in [4.78, 5) is 0. The highest BCUT2D eigenvalue weighted by Crippen LogP contribution is 2.37. The predicted octanol–water partition coefficient (Wildman–Crippen LogP) is 2.90. The van der Waals surface area contributed by atoms with Crippen molar-refractivity contribution in [3.05, 3.63) is 11.9 Å². The molecule has 0 amide bonds. The van der Waals surface area contributed by atoms with E-state index in [9.17, 15) is 0 Å². The molecule has 1 aromatic rings. The van der Waals surface area contributed by atoms with Gasteiger partial charge in [0.05, 0.1) is 17.9 Å². The number of rotatable bonds is 5. The summed E-state index contributed by atoms with van der Waals surface area (Å²) in [6.07, 6.45) is 9.46. The first kappa shape index (κ1) is 13.5. The van der Waals surface area contributed by atoms with Gasteiger partial charge in [-0.3, -0.25) is 0 Å². The second kappa shape index (κ2) is 6.32. The lowest BCUT2D eigenvalue weighted by Crippen LogP contribution is -2.28. The van der Waals surface area contributed by atoms with Gasteiger partial charge in [0.1, 0.15) is 0 Å². The molecule has 0 spiro atoms. The molecular weight excluding hydrogens is 224 g/mol. The molecule has 102 valence electrons. The van der Waals surface area contributed by atoms with Crippen molar-refractivity contribution in [3.63, 3.8) is 0 Å². The van der Waals surface area contributed by atoms with Crippen LogP contribution < -0.4 is 5.73 Å². The third-order valence-corrected chi connectivity index (χ3v) is 4.33. The minimum absolute atomic E-state index is 0.112. The van der Waals surface area contributed by atoms with E-state index in [2.05, 4.69) is 24.2 Å². The number of hydrogen-bond acceptors (Lipinski definition) is 3. The molecule has 0 aliphatic heterocycles. The van der Waals surface area contributed by atoms with Gasteiger partial charge in [-0.05, 0) is 31.1 Å². The maximum absolute atomic E-state index is 6.46. The number of nitrogens with two attached hydrogens (primary N) is 1. The maximum atomic E-state index is 6.46. The van der Waals surface area contributed by atoms with Crippen molar-refractivity contribution in [2.75, 3.05) is 0 Å². The fraction of sp³-hybridized carbons (Fsp3) is 0.857. The van der Waals surface area contributed by atoms with E-state index in [-0.39, 0.29) is 6.04 Å². The first-order valence-corrected chi connectivity index (χ1v) is 7.40. The van der Waals surface area contributed by atoms with Gasteiger partial charge in [-0.1, -0.05) is 38.3 Å². The number of hydrogen-bond donors (Lipinski definition) is 1. The molecule has 0 bridgehead atoms. The van der Waals surface area contributed by atoms with Gasteiger partial charge < -0.3 is 5.73 Å². The van der Waals surface area contributed by atoms with Gasteiger partial charge in [-0.25, -0.2) is 4.68 Å². The molecule has 0 saturated heterocycles. The Balaban J connectivity index is 2.05. The van der Waals surface area contributed by atoms with Gasteiger partial charge in [-0.15, -0.1) is 5.10 Å². The van der Waals surface area contributed by atoms with Crippen LogP contribution in [0.2, 0.25) is 0 Å². The number of aryl methyl sites for hydroxylation is 1. The van der Waals surface area contributed by atoms with E-state index in [0.29, 0.717) is 5.92 Å². The van der Waals surface area contributed by atoms with Gasteiger partial charge in [-0.2, -0.15) is 0 Å². The molecule has 2 N–H and O–H groups in total. The topological polar surface area (TPSA) is 56.7 Å². The van der Waals surface area contributed by atoms with Crippen molar-refractivity contribution >= 4 is 0 Å². The van der Waals surface area contributed by atoms with Crippen molar-refractivity contribution in [2.45, 2.75) is 65.0 Å². The fourth-order valence-corrected chi connectivity index (χ4v) is 3.18. The van der Waals surface area contributed by atoms with Crippen LogP contribution in [-0.4, -0.2) is 15.0 Å². The minimum Gasteiger partial charge on any atom is -0.322 e. The first-order chi connectivity index (χ1) is 8.76.